The monoisotopic (exact) mass is 708 g/mol. The van der Waals surface area contributed by atoms with Crippen molar-refractivity contribution in [3.63, 3.8) is 0 Å². The molecular formula is C36H44Cl4N2O4. The quantitative estimate of drug-likeness (QED) is 0.172. The van der Waals surface area contributed by atoms with Gasteiger partial charge in [-0.15, -0.1) is 0 Å². The lowest BCUT2D eigenvalue weighted by molar-refractivity contribution is -0.148. The second-order valence-corrected chi connectivity index (χ2v) is 15.5. The summed E-state index contributed by atoms with van der Waals surface area (Å²) in [5, 5.41) is 2.22. The van der Waals surface area contributed by atoms with Crippen LogP contribution < -0.4 is 0 Å². The third-order valence-corrected chi connectivity index (χ3v) is 13.0. The van der Waals surface area contributed by atoms with E-state index < -0.39 is 0 Å². The Morgan fingerprint density at radius 2 is 1.07 bits per heavy atom. The lowest BCUT2D eigenvalue weighted by atomic mass is 9.76. The highest BCUT2D eigenvalue weighted by molar-refractivity contribution is 6.42. The predicted molar refractivity (Wildman–Crippen MR) is 184 cm³/mol. The summed E-state index contributed by atoms with van der Waals surface area (Å²) in [5.74, 6) is 0.495. The molecule has 4 fully saturated rings. The van der Waals surface area contributed by atoms with Crippen molar-refractivity contribution in [2.24, 2.45) is 11.8 Å². The molecule has 4 unspecified atom stereocenters. The fraction of sp³-hybridized carbons (Fsp3) is 0.611. The molecule has 4 aliphatic heterocycles. The summed E-state index contributed by atoms with van der Waals surface area (Å²) in [6, 6.07) is 13.6. The van der Waals surface area contributed by atoms with Gasteiger partial charge < -0.3 is 19.3 Å². The number of ether oxygens (including phenoxy) is 2. The number of halogens is 4. The molecule has 4 bridgehead atoms. The van der Waals surface area contributed by atoms with Gasteiger partial charge in [0.15, 0.2) is 0 Å². The fourth-order valence-electron chi connectivity index (χ4n) is 8.92. The van der Waals surface area contributed by atoms with Gasteiger partial charge in [0.05, 0.1) is 33.3 Å². The van der Waals surface area contributed by atoms with Crippen LogP contribution in [-0.4, -0.2) is 73.2 Å². The maximum atomic E-state index is 12.8. The van der Waals surface area contributed by atoms with Crippen molar-refractivity contribution in [1.82, 2.24) is 9.80 Å². The van der Waals surface area contributed by atoms with Gasteiger partial charge in [-0.2, -0.15) is 0 Å². The van der Waals surface area contributed by atoms with Gasteiger partial charge in [-0.1, -0.05) is 58.5 Å². The van der Waals surface area contributed by atoms with Gasteiger partial charge in [-0.25, -0.2) is 0 Å². The van der Waals surface area contributed by atoms with E-state index in [2.05, 4.69) is 36.0 Å². The van der Waals surface area contributed by atoms with Gasteiger partial charge in [-0.05, 0) is 113 Å². The number of hydrogen-bond donors (Lipinski definition) is 0. The first kappa shape index (κ1) is 34.3. The van der Waals surface area contributed by atoms with Crippen molar-refractivity contribution in [3.8, 4) is 0 Å². The van der Waals surface area contributed by atoms with Crippen molar-refractivity contribution < 1.29 is 19.1 Å². The molecule has 0 amide bonds. The van der Waals surface area contributed by atoms with E-state index in [1.807, 2.05) is 24.3 Å². The Morgan fingerprint density at radius 3 is 1.46 bits per heavy atom. The van der Waals surface area contributed by atoms with Gasteiger partial charge in [0.1, 0.15) is 0 Å². The minimum absolute atomic E-state index is 0.196. The molecule has 4 saturated heterocycles. The first-order valence-electron chi connectivity index (χ1n) is 16.8. The number of nitrogens with zero attached hydrogens (tertiary/aromatic N) is 2. The van der Waals surface area contributed by atoms with E-state index in [4.69, 9.17) is 55.9 Å². The molecule has 0 saturated carbocycles. The third-order valence-electron chi connectivity index (χ3n) is 11.5. The molecule has 2 aromatic rings. The van der Waals surface area contributed by atoms with Crippen molar-refractivity contribution in [2.75, 3.05) is 27.3 Å². The normalized spacial score (nSPS) is 30.8. The molecule has 10 heteroatoms. The van der Waals surface area contributed by atoms with Crippen LogP contribution in [0.4, 0.5) is 0 Å². The molecule has 0 radical (unpaired) electrons. The van der Waals surface area contributed by atoms with Crippen LogP contribution in [0.2, 0.25) is 20.1 Å². The second kappa shape index (κ2) is 14.9. The molecule has 0 aromatic heterocycles. The predicted octanol–water partition coefficient (Wildman–Crippen LogP) is 8.78. The van der Waals surface area contributed by atoms with Gasteiger partial charge in [-0.3, -0.25) is 9.59 Å². The van der Waals surface area contributed by atoms with Gasteiger partial charge >= 0.3 is 11.9 Å². The summed E-state index contributed by atoms with van der Waals surface area (Å²) in [6.07, 6.45) is 8.32. The Kier molecular flexibility index (Phi) is 11.1. The van der Waals surface area contributed by atoms with E-state index in [1.165, 1.54) is 0 Å². The summed E-state index contributed by atoms with van der Waals surface area (Å²) in [7, 11) is 4.37. The van der Waals surface area contributed by atoms with Gasteiger partial charge in [0.25, 0.3) is 0 Å². The van der Waals surface area contributed by atoms with Gasteiger partial charge in [0.2, 0.25) is 0 Å². The highest BCUT2D eigenvalue weighted by Crippen LogP contribution is 2.48. The highest BCUT2D eigenvalue weighted by Gasteiger charge is 2.47. The zero-order chi connectivity index (χ0) is 32.5. The molecule has 6 nitrogen and oxygen atoms in total. The molecule has 0 aliphatic carbocycles. The molecule has 0 spiro atoms. The Labute approximate surface area is 293 Å². The topological polar surface area (TPSA) is 59.1 Å². The third kappa shape index (κ3) is 7.38. The zero-order valence-electron chi connectivity index (χ0n) is 26.6. The van der Waals surface area contributed by atoms with E-state index in [0.717, 1.165) is 49.7 Å². The maximum absolute atomic E-state index is 12.8. The highest BCUT2D eigenvalue weighted by atomic mass is 35.5. The van der Waals surface area contributed by atoms with Crippen LogP contribution in [0.1, 0.15) is 87.2 Å². The first-order valence-corrected chi connectivity index (χ1v) is 18.3. The first-order chi connectivity index (χ1) is 22.1. The minimum Gasteiger partial charge on any atom is -0.465 e. The van der Waals surface area contributed by atoms with Crippen molar-refractivity contribution in [3.05, 3.63) is 67.6 Å². The number of benzene rings is 2. The summed E-state index contributed by atoms with van der Waals surface area (Å²) in [5.41, 5.74) is 2.32. The van der Waals surface area contributed by atoms with E-state index in [-0.39, 0.29) is 48.5 Å². The lowest BCUT2D eigenvalue weighted by Gasteiger charge is -2.43. The number of piperidine rings is 2. The SMILES string of the molecule is CN1C2CCC1[C@@H](COC(=O)CCCCC(=O)OC[C@@H]1C3CCC(C[C@@H]1c1ccc(Cl)c(Cl)c1)N3C)[C@@H](c1ccc(Cl)c(Cl)c1)C2. The number of unbranched alkanes of at least 4 members (excludes halogenated alkanes) is 1. The van der Waals surface area contributed by atoms with Crippen LogP contribution in [0.5, 0.6) is 0 Å². The molecule has 2 aromatic carbocycles. The number of carbonyl (C=O) groups excluding carboxylic acids is 2. The molecule has 0 N–H and O–H groups in total. The molecule has 8 atom stereocenters. The minimum atomic E-state index is -0.213. The van der Waals surface area contributed by atoms with E-state index in [1.54, 1.807) is 0 Å². The standard InChI is InChI=1S/C36H44Cl4N2O4/c1-41-23-9-13-33(41)27(25(17-23)21-7-11-29(37)31(39)15-21)19-45-35(43)5-3-4-6-36(44)46-20-28-26(18-24-10-14-34(28)42(24)2)22-8-12-30(38)32(40)16-22/h7-8,11-12,15-16,23-28,33-34H,3-6,9-10,13-14,17-20H2,1-2H3/t23?,24?,25-,26-,27+,28+,33?,34?/m1/s1. The van der Waals surface area contributed by atoms with Gasteiger partial charge in [0, 0.05) is 48.8 Å². The van der Waals surface area contributed by atoms with E-state index in [0.29, 0.717) is 70.3 Å². The average Bonchev–Trinajstić information content (AvgIpc) is 3.41. The molecule has 250 valence electrons. The summed E-state index contributed by atoms with van der Waals surface area (Å²) in [6.45, 7) is 0.761. The summed E-state index contributed by atoms with van der Waals surface area (Å²) < 4.78 is 11.7. The molecule has 46 heavy (non-hydrogen) atoms. The molecule has 6 rings (SSSR count). The average molecular weight is 711 g/mol. The fourth-order valence-corrected chi connectivity index (χ4v) is 9.54. The summed E-state index contributed by atoms with van der Waals surface area (Å²) >= 11 is 25.1. The maximum Gasteiger partial charge on any atom is 0.305 e. The number of hydrogen-bond acceptors (Lipinski definition) is 6. The van der Waals surface area contributed by atoms with E-state index >= 15 is 0 Å². The molecule has 4 heterocycles. The number of fused-ring (bicyclic) bond motifs is 4. The smallest absolute Gasteiger partial charge is 0.305 e. The van der Waals surface area contributed by atoms with E-state index in [9.17, 15) is 9.59 Å². The lowest BCUT2D eigenvalue weighted by Crippen LogP contribution is -2.47. The Morgan fingerprint density at radius 1 is 0.652 bits per heavy atom. The van der Waals surface area contributed by atoms with Crippen LogP contribution in [-0.2, 0) is 19.1 Å². The Bertz CT molecular complexity index is 1320. The van der Waals surface area contributed by atoms with Crippen molar-refractivity contribution >= 4 is 58.3 Å². The largest absolute Gasteiger partial charge is 0.465 e. The van der Waals surface area contributed by atoms with Crippen LogP contribution in [0.15, 0.2) is 36.4 Å². The second-order valence-electron chi connectivity index (χ2n) is 13.9. The number of carbonyl (C=O) groups is 2. The Balaban J connectivity index is 0.962. The molecule has 4 aliphatic rings. The Hall–Kier alpha value is -1.54. The zero-order valence-corrected chi connectivity index (χ0v) is 29.6. The summed E-state index contributed by atoms with van der Waals surface area (Å²) in [4.78, 5) is 30.5. The van der Waals surface area contributed by atoms with Crippen LogP contribution in [0.25, 0.3) is 0 Å². The van der Waals surface area contributed by atoms with Crippen LogP contribution in [0, 0.1) is 11.8 Å². The van der Waals surface area contributed by atoms with Crippen LogP contribution >= 0.6 is 46.4 Å². The number of esters is 2. The number of rotatable bonds is 11. The van der Waals surface area contributed by atoms with Crippen molar-refractivity contribution in [1.29, 1.82) is 0 Å². The molecular weight excluding hydrogens is 666 g/mol. The van der Waals surface area contributed by atoms with Crippen molar-refractivity contribution in [2.45, 2.75) is 100 Å². The van der Waals surface area contributed by atoms with Crippen LogP contribution in [0.3, 0.4) is 0 Å².